The van der Waals surface area contributed by atoms with Gasteiger partial charge in [-0.1, -0.05) is 19.9 Å². The Bertz CT molecular complexity index is 313. The van der Waals surface area contributed by atoms with Crippen LogP contribution in [0.3, 0.4) is 0 Å². The van der Waals surface area contributed by atoms with E-state index in [1.54, 1.807) is 0 Å². The number of hydrogen-bond acceptors (Lipinski definition) is 2. The fourth-order valence-electron chi connectivity index (χ4n) is 1.19. The molecule has 0 aliphatic heterocycles. The average molecular weight is 207 g/mol. The van der Waals surface area contributed by atoms with Crippen LogP contribution in [0.4, 0.5) is 0 Å². The van der Waals surface area contributed by atoms with Gasteiger partial charge in [0.25, 0.3) is 0 Å². The second kappa shape index (κ2) is 4.75. The number of hydrogen-bond donors (Lipinski definition) is 0. The zero-order valence-electron chi connectivity index (χ0n) is 10.4. The summed E-state index contributed by atoms with van der Waals surface area (Å²) in [6.07, 6.45) is 0. The van der Waals surface area contributed by atoms with E-state index in [9.17, 15) is 0 Å². The summed E-state index contributed by atoms with van der Waals surface area (Å²) in [6.45, 7) is 11.1. The highest BCUT2D eigenvalue weighted by Crippen LogP contribution is 2.14. The monoisotopic (exact) mass is 207 g/mol. The quantitative estimate of drug-likeness (QED) is 0.756. The lowest BCUT2D eigenvalue weighted by Crippen LogP contribution is -2.19. The molecule has 0 spiro atoms. The van der Waals surface area contributed by atoms with Crippen molar-refractivity contribution in [2.45, 2.75) is 52.7 Å². The van der Waals surface area contributed by atoms with Crippen molar-refractivity contribution in [1.29, 1.82) is 0 Å². The molecule has 15 heavy (non-hydrogen) atoms. The predicted octanol–water partition coefficient (Wildman–Crippen LogP) is 3.52. The van der Waals surface area contributed by atoms with Crippen molar-refractivity contribution >= 4 is 0 Å². The Morgan fingerprint density at radius 2 is 1.93 bits per heavy atom. The van der Waals surface area contributed by atoms with Gasteiger partial charge in [-0.2, -0.15) is 0 Å². The highest BCUT2D eigenvalue weighted by molar-refractivity contribution is 5.13. The average Bonchev–Trinajstić information content (AvgIpc) is 2.14. The van der Waals surface area contributed by atoms with Crippen LogP contribution in [-0.2, 0) is 11.3 Å². The molecular formula is C13H21NO. The smallest absolute Gasteiger partial charge is 0.0895 e. The van der Waals surface area contributed by atoms with Crippen molar-refractivity contribution in [3.05, 3.63) is 29.6 Å². The maximum atomic E-state index is 5.69. The third-order valence-corrected chi connectivity index (χ3v) is 2.07. The lowest BCUT2D eigenvalue weighted by molar-refractivity contribution is -0.0165. The number of nitrogens with zero attached hydrogens (tertiary/aromatic N) is 1. The first-order chi connectivity index (χ1) is 6.88. The van der Waals surface area contributed by atoms with Gasteiger partial charge in [0.15, 0.2) is 0 Å². The molecular weight excluding hydrogens is 186 g/mol. The fraction of sp³-hybridized carbons (Fsp3) is 0.615. The van der Waals surface area contributed by atoms with Crippen LogP contribution in [-0.4, -0.2) is 10.6 Å². The number of rotatable bonds is 3. The van der Waals surface area contributed by atoms with Gasteiger partial charge >= 0.3 is 0 Å². The molecule has 2 nitrogen and oxygen atoms in total. The van der Waals surface area contributed by atoms with E-state index in [2.05, 4.69) is 45.7 Å². The van der Waals surface area contributed by atoms with E-state index in [0.717, 1.165) is 11.4 Å². The highest BCUT2D eigenvalue weighted by Gasteiger charge is 2.10. The Morgan fingerprint density at radius 1 is 1.27 bits per heavy atom. The second-order valence-electron chi connectivity index (χ2n) is 5.11. The lowest BCUT2D eigenvalue weighted by Gasteiger charge is -2.19. The minimum atomic E-state index is -0.102. The maximum Gasteiger partial charge on any atom is 0.0895 e. The largest absolute Gasteiger partial charge is 0.370 e. The van der Waals surface area contributed by atoms with Crippen LogP contribution in [0.1, 0.15) is 51.9 Å². The van der Waals surface area contributed by atoms with Gasteiger partial charge < -0.3 is 4.74 Å². The van der Waals surface area contributed by atoms with E-state index in [1.807, 2.05) is 12.1 Å². The summed E-state index contributed by atoms with van der Waals surface area (Å²) in [5, 5.41) is 0. The minimum Gasteiger partial charge on any atom is -0.370 e. The Balaban J connectivity index is 2.66. The molecule has 0 N–H and O–H groups in total. The van der Waals surface area contributed by atoms with Crippen LogP contribution < -0.4 is 0 Å². The molecule has 0 atom stereocenters. The minimum absolute atomic E-state index is 0.102. The van der Waals surface area contributed by atoms with Gasteiger partial charge in [-0.15, -0.1) is 0 Å². The molecule has 2 heteroatoms. The van der Waals surface area contributed by atoms with E-state index in [4.69, 9.17) is 4.74 Å². The van der Waals surface area contributed by atoms with Crippen LogP contribution in [0.2, 0.25) is 0 Å². The van der Waals surface area contributed by atoms with E-state index >= 15 is 0 Å². The van der Waals surface area contributed by atoms with E-state index < -0.39 is 0 Å². The lowest BCUT2D eigenvalue weighted by atomic mass is 10.1. The standard InChI is InChI=1S/C13H21NO/c1-10(2)12-8-6-7-11(14-12)9-15-13(3,4)5/h6-8,10H,9H2,1-5H3. The van der Waals surface area contributed by atoms with Gasteiger partial charge in [-0.3, -0.25) is 4.98 Å². The Hall–Kier alpha value is -0.890. The van der Waals surface area contributed by atoms with Gasteiger partial charge in [0, 0.05) is 5.69 Å². The molecule has 0 bridgehead atoms. The van der Waals surface area contributed by atoms with Gasteiger partial charge in [0.2, 0.25) is 0 Å². The Labute approximate surface area is 92.7 Å². The van der Waals surface area contributed by atoms with Crippen LogP contribution in [0.25, 0.3) is 0 Å². The summed E-state index contributed by atoms with van der Waals surface area (Å²) in [5.41, 5.74) is 2.04. The molecule has 0 fully saturated rings. The number of aromatic nitrogens is 1. The molecule has 0 aliphatic rings. The molecule has 0 aromatic carbocycles. The molecule has 0 radical (unpaired) electrons. The first-order valence-corrected chi connectivity index (χ1v) is 5.48. The maximum absolute atomic E-state index is 5.69. The summed E-state index contributed by atoms with van der Waals surface area (Å²) in [6, 6.07) is 6.12. The molecule has 1 heterocycles. The first kappa shape index (κ1) is 12.2. The summed E-state index contributed by atoms with van der Waals surface area (Å²) in [7, 11) is 0. The van der Waals surface area contributed by atoms with Gasteiger partial charge in [-0.05, 0) is 38.8 Å². The predicted molar refractivity (Wildman–Crippen MR) is 62.9 cm³/mol. The Morgan fingerprint density at radius 3 is 2.47 bits per heavy atom. The summed E-state index contributed by atoms with van der Waals surface area (Å²) in [5.74, 6) is 0.472. The molecule has 1 aromatic heterocycles. The zero-order valence-corrected chi connectivity index (χ0v) is 10.4. The van der Waals surface area contributed by atoms with Crippen molar-refractivity contribution in [3.63, 3.8) is 0 Å². The zero-order chi connectivity index (χ0) is 11.5. The summed E-state index contributed by atoms with van der Waals surface area (Å²) in [4.78, 5) is 4.55. The van der Waals surface area contributed by atoms with E-state index in [1.165, 1.54) is 0 Å². The topological polar surface area (TPSA) is 22.1 Å². The van der Waals surface area contributed by atoms with Crippen molar-refractivity contribution in [3.8, 4) is 0 Å². The van der Waals surface area contributed by atoms with Crippen molar-refractivity contribution < 1.29 is 4.74 Å². The number of pyridine rings is 1. The van der Waals surface area contributed by atoms with Gasteiger partial charge in [-0.25, -0.2) is 0 Å². The molecule has 1 aromatic rings. The van der Waals surface area contributed by atoms with E-state index in [0.29, 0.717) is 12.5 Å². The molecule has 0 amide bonds. The number of ether oxygens (including phenoxy) is 1. The van der Waals surface area contributed by atoms with Crippen LogP contribution in [0, 0.1) is 0 Å². The van der Waals surface area contributed by atoms with Crippen molar-refractivity contribution in [1.82, 2.24) is 4.98 Å². The van der Waals surface area contributed by atoms with Crippen LogP contribution in [0.5, 0.6) is 0 Å². The molecule has 0 saturated heterocycles. The second-order valence-corrected chi connectivity index (χ2v) is 5.11. The van der Waals surface area contributed by atoms with Gasteiger partial charge in [0.1, 0.15) is 0 Å². The van der Waals surface area contributed by atoms with Crippen LogP contribution >= 0.6 is 0 Å². The Kier molecular flexibility index (Phi) is 3.86. The third kappa shape index (κ3) is 4.43. The SMILES string of the molecule is CC(C)c1cccc(COC(C)(C)C)n1. The van der Waals surface area contributed by atoms with Crippen molar-refractivity contribution in [2.24, 2.45) is 0 Å². The highest BCUT2D eigenvalue weighted by atomic mass is 16.5. The van der Waals surface area contributed by atoms with Crippen LogP contribution in [0.15, 0.2) is 18.2 Å². The molecule has 0 saturated carbocycles. The third-order valence-electron chi connectivity index (χ3n) is 2.07. The van der Waals surface area contributed by atoms with E-state index in [-0.39, 0.29) is 5.60 Å². The molecule has 84 valence electrons. The van der Waals surface area contributed by atoms with Gasteiger partial charge in [0.05, 0.1) is 17.9 Å². The molecule has 0 unspecified atom stereocenters. The summed E-state index contributed by atoms with van der Waals surface area (Å²) >= 11 is 0. The first-order valence-electron chi connectivity index (χ1n) is 5.48. The summed E-state index contributed by atoms with van der Waals surface area (Å²) < 4.78 is 5.69. The fourth-order valence-corrected chi connectivity index (χ4v) is 1.19. The van der Waals surface area contributed by atoms with Crippen molar-refractivity contribution in [2.75, 3.05) is 0 Å². The normalized spacial score (nSPS) is 12.1. The molecule has 0 aliphatic carbocycles. The molecule has 1 rings (SSSR count).